The third kappa shape index (κ3) is 4.90. The lowest BCUT2D eigenvalue weighted by molar-refractivity contribution is 0.418. The van der Waals surface area contributed by atoms with Gasteiger partial charge in [-0.1, -0.05) is 25.2 Å². The maximum atomic E-state index is 3.90. The molecule has 0 N–H and O–H groups in total. The van der Waals surface area contributed by atoms with Gasteiger partial charge in [-0.05, 0) is 38.8 Å². The first kappa shape index (κ1) is 13.0. The van der Waals surface area contributed by atoms with Crippen LogP contribution >= 0.6 is 0 Å². The molecule has 0 aromatic carbocycles. The largest absolute Gasteiger partial charge is 0.378 e. The Bertz CT molecular complexity index is 246. The Morgan fingerprint density at radius 3 is 2.21 bits per heavy atom. The third-order valence-corrected chi connectivity index (χ3v) is 2.41. The molecule has 0 unspecified atom stereocenters. The van der Waals surface area contributed by atoms with Crippen LogP contribution in [-0.2, 0) is 0 Å². The van der Waals surface area contributed by atoms with Gasteiger partial charge in [-0.15, -0.1) is 0 Å². The maximum Gasteiger partial charge on any atom is 0.0169 e. The molecule has 14 heavy (non-hydrogen) atoms. The number of hydrogen-bond donors (Lipinski definition) is 0. The quantitative estimate of drug-likeness (QED) is 0.601. The van der Waals surface area contributed by atoms with Crippen LogP contribution in [0.25, 0.3) is 0 Å². The van der Waals surface area contributed by atoms with E-state index in [2.05, 4.69) is 51.4 Å². The van der Waals surface area contributed by atoms with Crippen molar-refractivity contribution < 1.29 is 0 Å². The van der Waals surface area contributed by atoms with E-state index < -0.39 is 0 Å². The van der Waals surface area contributed by atoms with Crippen molar-refractivity contribution >= 4 is 0 Å². The fourth-order valence-corrected chi connectivity index (χ4v) is 1.03. The van der Waals surface area contributed by atoms with E-state index in [1.165, 1.54) is 17.7 Å². The van der Waals surface area contributed by atoms with Gasteiger partial charge < -0.3 is 4.90 Å². The summed E-state index contributed by atoms with van der Waals surface area (Å²) in [4.78, 5) is 2.27. The molecule has 0 radical (unpaired) electrons. The van der Waals surface area contributed by atoms with Crippen LogP contribution in [0.4, 0.5) is 0 Å². The molecule has 1 nitrogen and oxygen atoms in total. The second-order valence-corrected chi connectivity index (χ2v) is 3.86. The molecule has 0 saturated carbocycles. The van der Waals surface area contributed by atoms with E-state index >= 15 is 0 Å². The topological polar surface area (TPSA) is 3.24 Å². The van der Waals surface area contributed by atoms with Crippen molar-refractivity contribution in [1.29, 1.82) is 0 Å². The third-order valence-electron chi connectivity index (χ3n) is 2.41. The van der Waals surface area contributed by atoms with Gasteiger partial charge in [0, 0.05) is 19.3 Å². The highest BCUT2D eigenvalue weighted by molar-refractivity contribution is 5.28. The molecule has 0 rings (SSSR count). The lowest BCUT2D eigenvalue weighted by Gasteiger charge is -2.18. The highest BCUT2D eigenvalue weighted by Gasteiger charge is 1.95. The Morgan fingerprint density at radius 1 is 1.21 bits per heavy atom. The minimum absolute atomic E-state index is 1.11. The molecule has 0 spiro atoms. The van der Waals surface area contributed by atoms with Crippen LogP contribution < -0.4 is 0 Å². The van der Waals surface area contributed by atoms with Gasteiger partial charge in [0.1, 0.15) is 0 Å². The van der Waals surface area contributed by atoms with Gasteiger partial charge in [-0.3, -0.25) is 0 Å². The highest BCUT2D eigenvalue weighted by Crippen LogP contribution is 2.07. The van der Waals surface area contributed by atoms with E-state index in [1.807, 2.05) is 6.92 Å². The molecule has 0 aliphatic heterocycles. The molecule has 0 aliphatic rings. The van der Waals surface area contributed by atoms with Gasteiger partial charge in [0.05, 0.1) is 0 Å². The molecule has 0 fully saturated rings. The molecular weight excluding hydrogens is 170 g/mol. The predicted octanol–water partition coefficient (Wildman–Crippen LogP) is 3.75. The van der Waals surface area contributed by atoms with Crippen molar-refractivity contribution in [3.05, 3.63) is 35.6 Å². The van der Waals surface area contributed by atoms with Crippen molar-refractivity contribution in [3.8, 4) is 0 Å². The summed E-state index contributed by atoms with van der Waals surface area (Å²) in [6, 6.07) is 0. The monoisotopic (exact) mass is 193 g/mol. The summed E-state index contributed by atoms with van der Waals surface area (Å²) in [7, 11) is 2.12. The Labute approximate surface area is 88.8 Å². The summed E-state index contributed by atoms with van der Waals surface area (Å²) in [5, 5.41) is 0. The first-order chi connectivity index (χ1) is 6.49. The standard InChI is InChI=1S/C13H23N/c1-7-10-14(6)13(5)9-8-12(4)11(2)3/h8-9H,2,7,10H2,1,3-6H3/b12-8+,13-9+. The van der Waals surface area contributed by atoms with E-state index in [1.54, 1.807) is 0 Å². The minimum Gasteiger partial charge on any atom is -0.378 e. The van der Waals surface area contributed by atoms with Gasteiger partial charge >= 0.3 is 0 Å². The molecule has 1 heteroatoms. The van der Waals surface area contributed by atoms with Gasteiger partial charge in [0.15, 0.2) is 0 Å². The van der Waals surface area contributed by atoms with Crippen LogP contribution in [0.2, 0.25) is 0 Å². The average molecular weight is 193 g/mol. The predicted molar refractivity (Wildman–Crippen MR) is 65.2 cm³/mol. The summed E-state index contributed by atoms with van der Waals surface area (Å²) < 4.78 is 0. The van der Waals surface area contributed by atoms with Crippen LogP contribution in [-0.4, -0.2) is 18.5 Å². The van der Waals surface area contributed by atoms with Gasteiger partial charge in [0.25, 0.3) is 0 Å². The summed E-state index contributed by atoms with van der Waals surface area (Å²) >= 11 is 0. The molecule has 0 aromatic heterocycles. The first-order valence-corrected chi connectivity index (χ1v) is 5.21. The van der Waals surface area contributed by atoms with Crippen molar-refractivity contribution in [2.45, 2.75) is 34.1 Å². The Balaban J connectivity index is 4.37. The van der Waals surface area contributed by atoms with Crippen LogP contribution in [0.15, 0.2) is 35.6 Å². The van der Waals surface area contributed by atoms with Gasteiger partial charge in [-0.2, -0.15) is 0 Å². The maximum absolute atomic E-state index is 3.90. The normalized spacial score (nSPS) is 12.9. The van der Waals surface area contributed by atoms with Crippen molar-refractivity contribution in [2.24, 2.45) is 0 Å². The molecule has 0 atom stereocenters. The smallest absolute Gasteiger partial charge is 0.0169 e. The van der Waals surface area contributed by atoms with Gasteiger partial charge in [-0.25, -0.2) is 0 Å². The summed E-state index contributed by atoms with van der Waals surface area (Å²) in [6.45, 7) is 13.5. The Kier molecular flexibility index (Phi) is 6.02. The number of rotatable bonds is 5. The zero-order valence-electron chi connectivity index (χ0n) is 10.2. The van der Waals surface area contributed by atoms with Crippen molar-refractivity contribution in [2.75, 3.05) is 13.6 Å². The molecule has 0 heterocycles. The van der Waals surface area contributed by atoms with Crippen LogP contribution in [0.5, 0.6) is 0 Å². The Hall–Kier alpha value is -0.980. The number of nitrogens with zero attached hydrogens (tertiary/aromatic N) is 1. The molecule has 0 saturated heterocycles. The van der Waals surface area contributed by atoms with E-state index in [9.17, 15) is 0 Å². The minimum atomic E-state index is 1.11. The number of allylic oxidation sites excluding steroid dienone is 5. The zero-order chi connectivity index (χ0) is 11.1. The second kappa shape index (κ2) is 6.47. The molecule has 80 valence electrons. The first-order valence-electron chi connectivity index (χ1n) is 5.21. The zero-order valence-corrected chi connectivity index (χ0v) is 10.2. The Morgan fingerprint density at radius 2 is 1.79 bits per heavy atom. The van der Waals surface area contributed by atoms with Crippen LogP contribution in [0.3, 0.4) is 0 Å². The molecule has 0 aromatic rings. The lowest BCUT2D eigenvalue weighted by Crippen LogP contribution is -2.16. The fourth-order valence-electron chi connectivity index (χ4n) is 1.03. The SMILES string of the molecule is C=C(C)/C(C)=C/C=C(\C)N(C)CCC. The molecule has 0 amide bonds. The van der Waals surface area contributed by atoms with Crippen LogP contribution in [0.1, 0.15) is 34.1 Å². The van der Waals surface area contributed by atoms with E-state index in [4.69, 9.17) is 0 Å². The molecule has 0 aliphatic carbocycles. The van der Waals surface area contributed by atoms with Crippen LogP contribution in [0, 0.1) is 0 Å². The second-order valence-electron chi connectivity index (χ2n) is 3.86. The summed E-state index contributed by atoms with van der Waals surface area (Å²) in [6.07, 6.45) is 5.47. The van der Waals surface area contributed by atoms with Crippen molar-refractivity contribution in [1.82, 2.24) is 4.90 Å². The van der Waals surface area contributed by atoms with E-state index in [-0.39, 0.29) is 0 Å². The fraction of sp³-hybridized carbons (Fsp3) is 0.538. The molecule has 0 bridgehead atoms. The average Bonchev–Trinajstić information content (AvgIpc) is 2.13. The van der Waals surface area contributed by atoms with Crippen molar-refractivity contribution in [3.63, 3.8) is 0 Å². The lowest BCUT2D eigenvalue weighted by atomic mass is 10.1. The van der Waals surface area contributed by atoms with E-state index in [0.29, 0.717) is 0 Å². The highest BCUT2D eigenvalue weighted by atomic mass is 15.1. The summed E-state index contributed by atoms with van der Waals surface area (Å²) in [5.74, 6) is 0. The summed E-state index contributed by atoms with van der Waals surface area (Å²) in [5.41, 5.74) is 3.67. The molecular formula is C13H23N. The number of hydrogen-bond acceptors (Lipinski definition) is 1. The van der Waals surface area contributed by atoms with Gasteiger partial charge in [0.2, 0.25) is 0 Å². The van der Waals surface area contributed by atoms with E-state index in [0.717, 1.165) is 12.1 Å².